The molecule has 112 valence electrons. The van der Waals surface area contributed by atoms with E-state index >= 15 is 0 Å². The molecule has 0 bridgehead atoms. The molecule has 0 aromatic carbocycles. The zero-order chi connectivity index (χ0) is 14.2. The molecule has 6 heteroatoms. The number of rotatable bonds is 6. The molecule has 0 saturated heterocycles. The molecule has 1 aromatic rings. The van der Waals surface area contributed by atoms with E-state index in [4.69, 9.17) is 0 Å². The average Bonchev–Trinajstić information content (AvgIpc) is 2.94. The third-order valence-corrected chi connectivity index (χ3v) is 7.30. The van der Waals surface area contributed by atoms with E-state index in [1.807, 2.05) is 13.0 Å². The topological polar surface area (TPSA) is 58.2 Å². The number of sulfonamides is 1. The van der Waals surface area contributed by atoms with Gasteiger partial charge in [-0.15, -0.1) is 11.3 Å². The van der Waals surface area contributed by atoms with Crippen molar-refractivity contribution in [3.8, 4) is 0 Å². The van der Waals surface area contributed by atoms with Crippen LogP contribution in [0.4, 0.5) is 0 Å². The Morgan fingerprint density at radius 1 is 1.20 bits per heavy atom. The molecule has 0 atom stereocenters. The van der Waals surface area contributed by atoms with E-state index in [0.29, 0.717) is 10.3 Å². The number of thiophene rings is 1. The van der Waals surface area contributed by atoms with Gasteiger partial charge in [0, 0.05) is 23.5 Å². The van der Waals surface area contributed by atoms with E-state index in [2.05, 4.69) is 10.0 Å². The van der Waals surface area contributed by atoms with Crippen LogP contribution in [0.15, 0.2) is 10.3 Å². The second kappa shape index (κ2) is 5.75. The number of nitrogens with one attached hydrogen (secondary N) is 2. The third kappa shape index (κ3) is 3.42. The lowest BCUT2D eigenvalue weighted by atomic mass is 10.3. The minimum absolute atomic E-state index is 0.135. The molecule has 0 radical (unpaired) electrons. The van der Waals surface area contributed by atoms with Crippen LogP contribution >= 0.6 is 11.3 Å². The van der Waals surface area contributed by atoms with E-state index in [-0.39, 0.29) is 6.04 Å². The molecule has 2 aliphatic rings. The molecular weight excluding hydrogens is 292 g/mol. The van der Waals surface area contributed by atoms with Gasteiger partial charge in [0.15, 0.2) is 0 Å². The Morgan fingerprint density at radius 3 is 2.55 bits per heavy atom. The van der Waals surface area contributed by atoms with Gasteiger partial charge in [-0.05, 0) is 44.2 Å². The Bertz CT molecular complexity index is 570. The molecule has 4 nitrogen and oxygen atoms in total. The van der Waals surface area contributed by atoms with Crippen molar-refractivity contribution in [1.82, 2.24) is 10.0 Å². The molecule has 20 heavy (non-hydrogen) atoms. The summed E-state index contributed by atoms with van der Waals surface area (Å²) < 4.78 is 28.1. The molecule has 2 aliphatic carbocycles. The molecule has 2 fully saturated rings. The molecule has 1 heterocycles. The summed E-state index contributed by atoms with van der Waals surface area (Å²) in [6, 6.07) is 2.59. The summed E-state index contributed by atoms with van der Waals surface area (Å²) in [5.41, 5.74) is 1.08. The second-order valence-electron chi connectivity index (χ2n) is 5.93. The van der Waals surface area contributed by atoms with Crippen LogP contribution in [0.3, 0.4) is 0 Å². The Labute approximate surface area is 125 Å². The van der Waals surface area contributed by atoms with Crippen LogP contribution in [0.2, 0.25) is 0 Å². The quantitative estimate of drug-likeness (QED) is 0.848. The Balaban J connectivity index is 1.69. The van der Waals surface area contributed by atoms with Crippen LogP contribution in [0, 0.1) is 6.92 Å². The van der Waals surface area contributed by atoms with Gasteiger partial charge in [0.05, 0.1) is 0 Å². The number of hydrogen-bond acceptors (Lipinski definition) is 4. The van der Waals surface area contributed by atoms with Crippen molar-refractivity contribution in [1.29, 1.82) is 0 Å². The first kappa shape index (κ1) is 14.5. The van der Waals surface area contributed by atoms with Crippen LogP contribution in [0.25, 0.3) is 0 Å². The Morgan fingerprint density at radius 2 is 1.90 bits per heavy atom. The molecule has 3 rings (SSSR count). The minimum Gasteiger partial charge on any atom is -0.309 e. The van der Waals surface area contributed by atoms with E-state index in [0.717, 1.165) is 42.7 Å². The zero-order valence-corrected chi connectivity index (χ0v) is 13.4. The van der Waals surface area contributed by atoms with E-state index in [1.165, 1.54) is 24.2 Å². The summed E-state index contributed by atoms with van der Waals surface area (Å²) in [6.45, 7) is 2.79. The monoisotopic (exact) mass is 314 g/mol. The van der Waals surface area contributed by atoms with Gasteiger partial charge in [0.25, 0.3) is 0 Å². The highest BCUT2D eigenvalue weighted by atomic mass is 32.2. The van der Waals surface area contributed by atoms with Crippen molar-refractivity contribution in [2.45, 2.75) is 68.3 Å². The largest absolute Gasteiger partial charge is 0.309 e. The van der Waals surface area contributed by atoms with Gasteiger partial charge in [0.2, 0.25) is 10.0 Å². The zero-order valence-electron chi connectivity index (χ0n) is 11.8. The predicted molar refractivity (Wildman–Crippen MR) is 81.5 cm³/mol. The third-order valence-electron chi connectivity index (χ3n) is 4.07. The van der Waals surface area contributed by atoms with Crippen LogP contribution in [0.5, 0.6) is 0 Å². The van der Waals surface area contributed by atoms with E-state index in [9.17, 15) is 8.42 Å². The summed E-state index contributed by atoms with van der Waals surface area (Å²) in [5.74, 6) is 0. The number of aryl methyl sites for hydroxylation is 1. The van der Waals surface area contributed by atoms with Gasteiger partial charge < -0.3 is 5.32 Å². The van der Waals surface area contributed by atoms with Crippen molar-refractivity contribution >= 4 is 21.4 Å². The summed E-state index contributed by atoms with van der Waals surface area (Å²) in [6.07, 6.45) is 6.71. The maximum Gasteiger partial charge on any atom is 0.250 e. The van der Waals surface area contributed by atoms with Gasteiger partial charge in [0.1, 0.15) is 4.21 Å². The normalized spacial score (nSPS) is 20.6. The molecule has 0 spiro atoms. The maximum absolute atomic E-state index is 12.4. The summed E-state index contributed by atoms with van der Waals surface area (Å²) >= 11 is 1.41. The molecule has 2 N–H and O–H groups in total. The first-order valence-electron chi connectivity index (χ1n) is 7.39. The lowest BCUT2D eigenvalue weighted by molar-refractivity contribution is 0.554. The van der Waals surface area contributed by atoms with Gasteiger partial charge in [-0.1, -0.05) is 12.8 Å². The highest BCUT2D eigenvalue weighted by molar-refractivity contribution is 7.91. The molecule has 0 amide bonds. The van der Waals surface area contributed by atoms with Gasteiger partial charge in [-0.25, -0.2) is 13.1 Å². The van der Waals surface area contributed by atoms with Gasteiger partial charge in [-0.2, -0.15) is 0 Å². The Kier molecular flexibility index (Phi) is 4.17. The van der Waals surface area contributed by atoms with Crippen molar-refractivity contribution in [2.24, 2.45) is 0 Å². The van der Waals surface area contributed by atoms with Gasteiger partial charge in [-0.3, -0.25) is 0 Å². The van der Waals surface area contributed by atoms with Crippen molar-refractivity contribution in [2.75, 3.05) is 0 Å². The fourth-order valence-corrected chi connectivity index (χ4v) is 5.50. The van der Waals surface area contributed by atoms with E-state index < -0.39 is 10.0 Å². The minimum atomic E-state index is -3.33. The summed E-state index contributed by atoms with van der Waals surface area (Å²) in [7, 11) is -3.33. The SMILES string of the molecule is Cc1cc(S(=O)(=O)NC2CCCC2)sc1CNC1CC1. The van der Waals surface area contributed by atoms with Crippen LogP contribution in [-0.4, -0.2) is 20.5 Å². The molecule has 1 aromatic heterocycles. The molecule has 2 saturated carbocycles. The first-order valence-corrected chi connectivity index (χ1v) is 9.69. The average molecular weight is 314 g/mol. The van der Waals surface area contributed by atoms with Crippen LogP contribution < -0.4 is 10.0 Å². The van der Waals surface area contributed by atoms with Gasteiger partial charge >= 0.3 is 0 Å². The highest BCUT2D eigenvalue weighted by Crippen LogP contribution is 2.29. The van der Waals surface area contributed by atoms with Crippen molar-refractivity contribution in [3.63, 3.8) is 0 Å². The first-order chi connectivity index (χ1) is 9.54. The second-order valence-corrected chi connectivity index (χ2v) is 9.01. The maximum atomic E-state index is 12.4. The lowest BCUT2D eigenvalue weighted by Crippen LogP contribution is -2.32. The summed E-state index contributed by atoms with van der Waals surface area (Å²) in [5, 5.41) is 3.45. The van der Waals surface area contributed by atoms with Crippen molar-refractivity contribution < 1.29 is 8.42 Å². The lowest BCUT2D eigenvalue weighted by Gasteiger charge is -2.10. The summed E-state index contributed by atoms with van der Waals surface area (Å²) in [4.78, 5) is 1.14. The van der Waals surface area contributed by atoms with Crippen LogP contribution in [0.1, 0.15) is 49.0 Å². The molecular formula is C14H22N2O2S2. The smallest absolute Gasteiger partial charge is 0.250 e. The predicted octanol–water partition coefficient (Wildman–Crippen LogP) is 2.53. The standard InChI is InChI=1S/C14H22N2O2S2/c1-10-8-14(19-13(10)9-15-11-6-7-11)20(17,18)16-12-4-2-3-5-12/h8,11-12,15-16H,2-7,9H2,1H3. The Hall–Kier alpha value is -0.430. The fraction of sp³-hybridized carbons (Fsp3) is 0.714. The highest BCUT2D eigenvalue weighted by Gasteiger charge is 2.26. The van der Waals surface area contributed by atoms with Crippen LogP contribution in [-0.2, 0) is 16.6 Å². The van der Waals surface area contributed by atoms with Crippen molar-refractivity contribution in [3.05, 3.63) is 16.5 Å². The molecule has 0 unspecified atom stereocenters. The van der Waals surface area contributed by atoms with E-state index in [1.54, 1.807) is 0 Å². The number of hydrogen-bond donors (Lipinski definition) is 2. The fourth-order valence-electron chi connectivity index (χ4n) is 2.64. The molecule has 0 aliphatic heterocycles.